The number of aliphatic hydroxyl groups excluding tert-OH is 1. The van der Waals surface area contributed by atoms with Gasteiger partial charge in [-0.15, -0.1) is 0 Å². The Bertz CT molecular complexity index is 984. The zero-order valence-corrected chi connectivity index (χ0v) is 19.6. The van der Waals surface area contributed by atoms with Crippen LogP contribution in [-0.4, -0.2) is 58.0 Å². The molecule has 11 heteroatoms. The molecule has 3 unspecified atom stereocenters. The zero-order valence-electron chi connectivity index (χ0n) is 18.0. The topological polar surface area (TPSA) is 106 Å². The number of allylic oxidation sites excluding steroid dienone is 1. The minimum Gasteiger partial charge on any atom is -0.461 e. The van der Waals surface area contributed by atoms with E-state index in [-0.39, 0.29) is 30.8 Å². The standard InChI is InChI=1S/C22H26ClN5O4S/c1-2-27-20(30)26-19(28(22(27)31)11-14-3-5-15(23)6-4-14)24-16-7-9-18(10-8-16)32-21-25-17(12-29)13-33-21/h3-7,9-10,13,16,19,21,24-25,29H,2,8,11-12H2,1H3,(H,26,30). The molecule has 4 rings (SSSR count). The number of hydrogen-bond acceptors (Lipinski definition) is 7. The number of urea groups is 2. The van der Waals surface area contributed by atoms with Crippen molar-refractivity contribution >= 4 is 35.4 Å². The van der Waals surface area contributed by atoms with Gasteiger partial charge in [-0.25, -0.2) is 14.5 Å². The number of hydrogen-bond donors (Lipinski definition) is 4. The van der Waals surface area contributed by atoms with Crippen LogP contribution >= 0.6 is 23.4 Å². The van der Waals surface area contributed by atoms with Crippen molar-refractivity contribution in [3.8, 4) is 0 Å². The Labute approximate surface area is 201 Å². The van der Waals surface area contributed by atoms with Gasteiger partial charge in [-0.2, -0.15) is 0 Å². The Morgan fingerprint density at radius 2 is 2.06 bits per heavy atom. The van der Waals surface area contributed by atoms with E-state index in [9.17, 15) is 14.7 Å². The van der Waals surface area contributed by atoms with E-state index in [0.717, 1.165) is 11.3 Å². The molecule has 1 fully saturated rings. The SMILES string of the molecule is CCN1C(=O)NC(NC2C=CC(OC3NC(CO)=CS3)=CC2)N(Cc2ccc(Cl)cc2)C1=O. The number of benzene rings is 1. The molecule has 9 nitrogen and oxygen atoms in total. The molecule has 4 amide bonds. The average Bonchev–Trinajstić information content (AvgIpc) is 3.27. The summed E-state index contributed by atoms with van der Waals surface area (Å²) in [6, 6.07) is 6.38. The van der Waals surface area contributed by atoms with Gasteiger partial charge in [0.15, 0.2) is 6.29 Å². The molecule has 4 N–H and O–H groups in total. The largest absolute Gasteiger partial charge is 0.461 e. The lowest BCUT2D eigenvalue weighted by atomic mass is 10.1. The summed E-state index contributed by atoms with van der Waals surface area (Å²) in [6.07, 6.45) is 5.70. The second kappa shape index (κ2) is 10.5. The molecule has 1 aliphatic carbocycles. The maximum atomic E-state index is 13.0. The van der Waals surface area contributed by atoms with Gasteiger partial charge in [-0.1, -0.05) is 41.6 Å². The number of nitrogens with one attached hydrogen (secondary N) is 3. The second-order valence-electron chi connectivity index (χ2n) is 7.64. The number of carbonyl (C=O) groups excluding carboxylic acids is 2. The predicted octanol–water partition coefficient (Wildman–Crippen LogP) is 2.86. The summed E-state index contributed by atoms with van der Waals surface area (Å²) in [5.74, 6) is 0.713. The fourth-order valence-corrected chi connectivity index (χ4v) is 4.57. The van der Waals surface area contributed by atoms with Crippen LogP contribution in [0.4, 0.5) is 9.59 Å². The van der Waals surface area contributed by atoms with Crippen molar-refractivity contribution in [1.29, 1.82) is 0 Å². The molecule has 0 spiro atoms. The lowest BCUT2D eigenvalue weighted by molar-refractivity contribution is 0.0837. The van der Waals surface area contributed by atoms with Gasteiger partial charge in [0.1, 0.15) is 5.76 Å². The third-order valence-corrected chi connectivity index (χ3v) is 6.50. The highest BCUT2D eigenvalue weighted by atomic mass is 35.5. The summed E-state index contributed by atoms with van der Waals surface area (Å²) >= 11 is 7.44. The van der Waals surface area contributed by atoms with E-state index >= 15 is 0 Å². The van der Waals surface area contributed by atoms with Gasteiger partial charge in [0.05, 0.1) is 13.2 Å². The molecule has 1 aromatic rings. The summed E-state index contributed by atoms with van der Waals surface area (Å²) in [5, 5.41) is 20.9. The van der Waals surface area contributed by atoms with E-state index in [1.165, 1.54) is 16.7 Å². The van der Waals surface area contributed by atoms with Crippen LogP contribution in [0.3, 0.4) is 0 Å². The second-order valence-corrected chi connectivity index (χ2v) is 9.01. The molecule has 0 radical (unpaired) electrons. The van der Waals surface area contributed by atoms with Gasteiger partial charge < -0.3 is 20.5 Å². The quantitative estimate of drug-likeness (QED) is 0.443. The maximum Gasteiger partial charge on any atom is 0.331 e. The van der Waals surface area contributed by atoms with Crippen LogP contribution in [0.15, 0.2) is 59.4 Å². The van der Waals surface area contributed by atoms with Gasteiger partial charge >= 0.3 is 12.1 Å². The van der Waals surface area contributed by atoms with Crippen molar-refractivity contribution in [2.45, 2.75) is 37.8 Å². The number of thioether (sulfide) groups is 1. The first-order chi connectivity index (χ1) is 16.0. The fraction of sp³-hybridized carbons (Fsp3) is 0.364. The molecular formula is C22H26ClN5O4S. The first-order valence-electron chi connectivity index (χ1n) is 10.6. The third-order valence-electron chi connectivity index (χ3n) is 5.36. The molecule has 0 bridgehead atoms. The van der Waals surface area contributed by atoms with Crippen molar-refractivity contribution in [2.75, 3.05) is 13.2 Å². The van der Waals surface area contributed by atoms with Crippen LogP contribution in [0.5, 0.6) is 0 Å². The number of imide groups is 1. The van der Waals surface area contributed by atoms with Crippen LogP contribution < -0.4 is 16.0 Å². The number of rotatable bonds is 8. The molecule has 3 atom stereocenters. The minimum atomic E-state index is -0.669. The first-order valence-corrected chi connectivity index (χ1v) is 11.9. The summed E-state index contributed by atoms with van der Waals surface area (Å²) in [4.78, 5) is 28.3. The molecular weight excluding hydrogens is 466 g/mol. The van der Waals surface area contributed by atoms with Gasteiger partial charge in [0.25, 0.3) is 0 Å². The van der Waals surface area contributed by atoms with E-state index < -0.39 is 12.3 Å². The smallest absolute Gasteiger partial charge is 0.331 e. The zero-order chi connectivity index (χ0) is 23.4. The van der Waals surface area contributed by atoms with Crippen LogP contribution in [-0.2, 0) is 11.3 Å². The summed E-state index contributed by atoms with van der Waals surface area (Å²) < 4.78 is 5.88. The number of amides is 4. The average molecular weight is 492 g/mol. The first kappa shape index (κ1) is 23.5. The van der Waals surface area contributed by atoms with Crippen LogP contribution in [0.25, 0.3) is 0 Å². The summed E-state index contributed by atoms with van der Waals surface area (Å²) in [6.45, 7) is 2.30. The van der Waals surface area contributed by atoms with E-state index in [0.29, 0.717) is 23.7 Å². The van der Waals surface area contributed by atoms with E-state index in [1.54, 1.807) is 24.0 Å². The van der Waals surface area contributed by atoms with E-state index in [4.69, 9.17) is 16.3 Å². The number of nitrogens with zero attached hydrogens (tertiary/aromatic N) is 2. The lowest BCUT2D eigenvalue weighted by Gasteiger charge is -2.42. The molecule has 33 heavy (non-hydrogen) atoms. The predicted molar refractivity (Wildman–Crippen MR) is 127 cm³/mol. The summed E-state index contributed by atoms with van der Waals surface area (Å²) in [5.41, 5.74) is 1.35. The Hall–Kier alpha value is -2.66. The van der Waals surface area contributed by atoms with Crippen molar-refractivity contribution in [3.05, 3.63) is 69.9 Å². The third kappa shape index (κ3) is 5.64. The Balaban J connectivity index is 1.39. The Morgan fingerprint density at radius 1 is 1.27 bits per heavy atom. The van der Waals surface area contributed by atoms with Gasteiger partial charge in [-0.05, 0) is 48.6 Å². The molecule has 1 saturated heterocycles. The highest BCUT2D eigenvalue weighted by Crippen LogP contribution is 2.25. The normalized spacial score (nSPS) is 24.9. The van der Waals surface area contributed by atoms with Crippen molar-refractivity contribution in [3.63, 3.8) is 0 Å². The van der Waals surface area contributed by atoms with Crippen LogP contribution in [0, 0.1) is 0 Å². The Kier molecular flexibility index (Phi) is 7.49. The van der Waals surface area contributed by atoms with Gasteiger partial charge in [0, 0.05) is 23.3 Å². The van der Waals surface area contributed by atoms with Crippen LogP contribution in [0.1, 0.15) is 18.9 Å². The number of carbonyl (C=O) groups is 2. The van der Waals surface area contributed by atoms with Gasteiger partial charge in [0.2, 0.25) is 5.56 Å². The molecule has 2 aliphatic heterocycles. The van der Waals surface area contributed by atoms with Crippen molar-refractivity contribution < 1.29 is 19.4 Å². The van der Waals surface area contributed by atoms with Crippen molar-refractivity contribution in [2.24, 2.45) is 0 Å². The molecule has 3 aliphatic rings. The number of halogens is 1. The highest BCUT2D eigenvalue weighted by molar-refractivity contribution is 8.02. The molecule has 176 valence electrons. The fourth-order valence-electron chi connectivity index (χ4n) is 3.62. The van der Waals surface area contributed by atoms with Crippen molar-refractivity contribution in [1.82, 2.24) is 25.8 Å². The highest BCUT2D eigenvalue weighted by Gasteiger charge is 2.38. The minimum absolute atomic E-state index is 0.0540. The van der Waals surface area contributed by atoms with E-state index in [2.05, 4.69) is 16.0 Å². The lowest BCUT2D eigenvalue weighted by Crippen LogP contribution is -2.69. The molecule has 2 heterocycles. The maximum absolute atomic E-state index is 13.0. The monoisotopic (exact) mass is 491 g/mol. The molecule has 0 aromatic heterocycles. The Morgan fingerprint density at radius 3 is 2.70 bits per heavy atom. The summed E-state index contributed by atoms with van der Waals surface area (Å²) in [7, 11) is 0. The number of aliphatic hydroxyl groups is 1. The van der Waals surface area contributed by atoms with Crippen LogP contribution in [0.2, 0.25) is 5.02 Å². The van der Waals surface area contributed by atoms with E-state index in [1.807, 2.05) is 35.8 Å². The molecule has 1 aromatic carbocycles. The number of ether oxygens (including phenoxy) is 1. The van der Waals surface area contributed by atoms with Gasteiger partial charge in [-0.3, -0.25) is 10.2 Å². The molecule has 0 saturated carbocycles.